The van der Waals surface area contributed by atoms with Gasteiger partial charge in [0.25, 0.3) is 0 Å². The molecule has 0 bridgehead atoms. The predicted octanol–water partition coefficient (Wildman–Crippen LogP) is 2.56. The molecule has 1 heterocycles. The van der Waals surface area contributed by atoms with E-state index in [9.17, 15) is 4.79 Å². The molecule has 0 spiro atoms. The number of amides is 1. The molecule has 0 aromatic rings. The summed E-state index contributed by atoms with van der Waals surface area (Å²) in [6, 6.07) is 0. The van der Waals surface area contributed by atoms with E-state index < -0.39 is 0 Å². The lowest BCUT2D eigenvalue weighted by atomic mass is 9.81. The normalized spacial score (nSPS) is 20.7. The van der Waals surface area contributed by atoms with Crippen molar-refractivity contribution in [1.29, 1.82) is 0 Å². The molecule has 1 atom stereocenters. The van der Waals surface area contributed by atoms with Gasteiger partial charge in [0.2, 0.25) is 5.91 Å². The zero-order chi connectivity index (χ0) is 13.6. The molecule has 18 heavy (non-hydrogen) atoms. The van der Waals surface area contributed by atoms with Gasteiger partial charge in [0, 0.05) is 13.0 Å². The minimum atomic E-state index is 0.225. The van der Waals surface area contributed by atoms with Crippen LogP contribution in [0, 0.1) is 17.3 Å². The molecule has 0 aliphatic carbocycles. The number of hydrogen-bond donors (Lipinski definition) is 2. The van der Waals surface area contributed by atoms with Gasteiger partial charge in [-0.1, -0.05) is 27.7 Å². The first kappa shape index (κ1) is 15.5. The Hall–Kier alpha value is -0.570. The molecular weight excluding hydrogens is 224 g/mol. The maximum absolute atomic E-state index is 11.9. The number of hydrogen-bond acceptors (Lipinski definition) is 2. The van der Waals surface area contributed by atoms with Crippen LogP contribution in [0.4, 0.5) is 0 Å². The summed E-state index contributed by atoms with van der Waals surface area (Å²) < 4.78 is 0. The second-order valence-electron chi connectivity index (χ2n) is 6.78. The lowest BCUT2D eigenvalue weighted by Crippen LogP contribution is -2.43. The summed E-state index contributed by atoms with van der Waals surface area (Å²) in [6.45, 7) is 11.9. The standard InChI is InChI=1S/C15H30N2O/c1-12(2)9-13(3)10-14(18)17-11-15(4)5-7-16-8-6-15/h12-13,16H,5-11H2,1-4H3,(H,17,18). The average molecular weight is 254 g/mol. The van der Waals surface area contributed by atoms with E-state index >= 15 is 0 Å². The Morgan fingerprint density at radius 3 is 2.44 bits per heavy atom. The highest BCUT2D eigenvalue weighted by atomic mass is 16.1. The average Bonchev–Trinajstić information content (AvgIpc) is 2.26. The summed E-state index contributed by atoms with van der Waals surface area (Å²) in [7, 11) is 0. The van der Waals surface area contributed by atoms with Crippen molar-refractivity contribution >= 4 is 5.91 Å². The molecule has 2 N–H and O–H groups in total. The lowest BCUT2D eigenvalue weighted by Gasteiger charge is -2.34. The summed E-state index contributed by atoms with van der Waals surface area (Å²) in [6.07, 6.45) is 4.13. The second-order valence-corrected chi connectivity index (χ2v) is 6.78. The Bertz CT molecular complexity index is 257. The molecule has 1 aliphatic rings. The fourth-order valence-electron chi connectivity index (χ4n) is 2.80. The van der Waals surface area contributed by atoms with E-state index in [1.807, 2.05) is 0 Å². The Kier molecular flexibility index (Phi) is 6.13. The van der Waals surface area contributed by atoms with E-state index in [-0.39, 0.29) is 5.91 Å². The van der Waals surface area contributed by atoms with Crippen LogP contribution in [0.25, 0.3) is 0 Å². The van der Waals surface area contributed by atoms with Crippen LogP contribution in [0.15, 0.2) is 0 Å². The molecule has 3 heteroatoms. The van der Waals surface area contributed by atoms with E-state index in [1.165, 1.54) is 0 Å². The van der Waals surface area contributed by atoms with Gasteiger partial charge >= 0.3 is 0 Å². The highest BCUT2D eigenvalue weighted by Gasteiger charge is 2.27. The van der Waals surface area contributed by atoms with Crippen LogP contribution in [-0.4, -0.2) is 25.5 Å². The van der Waals surface area contributed by atoms with Gasteiger partial charge in [0.15, 0.2) is 0 Å². The van der Waals surface area contributed by atoms with Crippen molar-refractivity contribution in [2.75, 3.05) is 19.6 Å². The third-order valence-electron chi connectivity index (χ3n) is 3.93. The van der Waals surface area contributed by atoms with Crippen molar-refractivity contribution in [3.63, 3.8) is 0 Å². The molecule has 106 valence electrons. The van der Waals surface area contributed by atoms with Crippen LogP contribution in [0.2, 0.25) is 0 Å². The van der Waals surface area contributed by atoms with Crippen LogP contribution in [0.1, 0.15) is 53.4 Å². The Labute approximate surface area is 112 Å². The van der Waals surface area contributed by atoms with Crippen molar-refractivity contribution < 1.29 is 4.79 Å². The molecule has 1 unspecified atom stereocenters. The summed E-state index contributed by atoms with van der Waals surface area (Å²) in [4.78, 5) is 11.9. The first-order chi connectivity index (χ1) is 8.41. The van der Waals surface area contributed by atoms with Crippen LogP contribution < -0.4 is 10.6 Å². The van der Waals surface area contributed by atoms with Crippen molar-refractivity contribution in [2.45, 2.75) is 53.4 Å². The fraction of sp³-hybridized carbons (Fsp3) is 0.933. The van der Waals surface area contributed by atoms with Gasteiger partial charge in [-0.3, -0.25) is 4.79 Å². The summed E-state index contributed by atoms with van der Waals surface area (Å²) in [5.74, 6) is 1.39. The summed E-state index contributed by atoms with van der Waals surface area (Å²) in [5.41, 5.74) is 0.294. The monoisotopic (exact) mass is 254 g/mol. The summed E-state index contributed by atoms with van der Waals surface area (Å²) >= 11 is 0. The van der Waals surface area contributed by atoms with E-state index in [4.69, 9.17) is 0 Å². The lowest BCUT2D eigenvalue weighted by molar-refractivity contribution is -0.122. The molecule has 1 saturated heterocycles. The topological polar surface area (TPSA) is 41.1 Å². The Morgan fingerprint density at radius 1 is 1.28 bits per heavy atom. The minimum absolute atomic E-state index is 0.225. The largest absolute Gasteiger partial charge is 0.356 e. The number of carbonyl (C=O) groups excluding carboxylic acids is 1. The Morgan fingerprint density at radius 2 is 1.89 bits per heavy atom. The molecule has 3 nitrogen and oxygen atoms in total. The van der Waals surface area contributed by atoms with Gasteiger partial charge in [-0.05, 0) is 49.6 Å². The predicted molar refractivity (Wildman–Crippen MR) is 76.5 cm³/mol. The molecule has 1 aliphatic heterocycles. The zero-order valence-electron chi connectivity index (χ0n) is 12.5. The van der Waals surface area contributed by atoms with Gasteiger partial charge in [-0.2, -0.15) is 0 Å². The maximum atomic E-state index is 11.9. The third-order valence-corrected chi connectivity index (χ3v) is 3.93. The summed E-state index contributed by atoms with van der Waals surface area (Å²) in [5, 5.41) is 6.50. The van der Waals surface area contributed by atoms with Crippen LogP contribution >= 0.6 is 0 Å². The molecule has 0 radical (unpaired) electrons. The van der Waals surface area contributed by atoms with Gasteiger partial charge in [0.05, 0.1) is 0 Å². The van der Waals surface area contributed by atoms with Gasteiger partial charge in [-0.25, -0.2) is 0 Å². The second kappa shape index (κ2) is 7.13. The van der Waals surface area contributed by atoms with Crippen LogP contribution in [-0.2, 0) is 4.79 Å². The number of carbonyl (C=O) groups is 1. The molecule has 0 aromatic heterocycles. The third kappa shape index (κ3) is 5.85. The van der Waals surface area contributed by atoms with Crippen molar-refractivity contribution in [2.24, 2.45) is 17.3 Å². The molecular formula is C15H30N2O. The molecule has 0 saturated carbocycles. The smallest absolute Gasteiger partial charge is 0.220 e. The SMILES string of the molecule is CC(C)CC(C)CC(=O)NCC1(C)CCNCC1. The minimum Gasteiger partial charge on any atom is -0.356 e. The van der Waals surface area contributed by atoms with E-state index in [1.54, 1.807) is 0 Å². The highest BCUT2D eigenvalue weighted by Crippen LogP contribution is 2.26. The highest BCUT2D eigenvalue weighted by molar-refractivity contribution is 5.76. The first-order valence-electron chi connectivity index (χ1n) is 7.39. The quantitative estimate of drug-likeness (QED) is 0.765. The van der Waals surface area contributed by atoms with E-state index in [0.29, 0.717) is 23.7 Å². The number of rotatable bonds is 6. The van der Waals surface area contributed by atoms with Crippen LogP contribution in [0.5, 0.6) is 0 Å². The van der Waals surface area contributed by atoms with Crippen molar-refractivity contribution in [3.8, 4) is 0 Å². The molecule has 0 aromatic carbocycles. The molecule has 1 amide bonds. The number of piperidine rings is 1. The van der Waals surface area contributed by atoms with Gasteiger partial charge in [0.1, 0.15) is 0 Å². The van der Waals surface area contributed by atoms with Gasteiger partial charge < -0.3 is 10.6 Å². The van der Waals surface area contributed by atoms with E-state index in [2.05, 4.69) is 38.3 Å². The van der Waals surface area contributed by atoms with Crippen molar-refractivity contribution in [1.82, 2.24) is 10.6 Å². The molecule has 1 rings (SSSR count). The zero-order valence-corrected chi connectivity index (χ0v) is 12.5. The molecule has 1 fully saturated rings. The van der Waals surface area contributed by atoms with E-state index in [0.717, 1.165) is 38.9 Å². The number of nitrogens with one attached hydrogen (secondary N) is 2. The van der Waals surface area contributed by atoms with Gasteiger partial charge in [-0.15, -0.1) is 0 Å². The maximum Gasteiger partial charge on any atom is 0.220 e. The van der Waals surface area contributed by atoms with Crippen molar-refractivity contribution in [3.05, 3.63) is 0 Å². The first-order valence-corrected chi connectivity index (χ1v) is 7.39. The van der Waals surface area contributed by atoms with Crippen LogP contribution in [0.3, 0.4) is 0 Å². The Balaban J connectivity index is 2.23. The fourth-order valence-corrected chi connectivity index (χ4v) is 2.80.